The fourth-order valence-electron chi connectivity index (χ4n) is 3.14. The monoisotopic (exact) mass is 506 g/mol. The molecule has 7 heteroatoms. The summed E-state index contributed by atoms with van der Waals surface area (Å²) in [5, 5.41) is 2.84. The van der Waals surface area contributed by atoms with Gasteiger partial charge in [-0.15, -0.1) is 0 Å². The van der Waals surface area contributed by atoms with Gasteiger partial charge in [0.25, 0.3) is 5.91 Å². The summed E-state index contributed by atoms with van der Waals surface area (Å²) in [6.45, 7) is 8.12. The summed E-state index contributed by atoms with van der Waals surface area (Å²) in [5.74, 6) is -0.187. The smallest absolute Gasteiger partial charge is 0.261 e. The summed E-state index contributed by atoms with van der Waals surface area (Å²) in [6, 6.07) is 11.2. The van der Waals surface area contributed by atoms with E-state index in [0.29, 0.717) is 23.8 Å². The molecule has 0 saturated carbocycles. The molecule has 174 valence electrons. The maximum Gasteiger partial charge on any atom is 0.261 e. The van der Waals surface area contributed by atoms with E-state index < -0.39 is 17.8 Å². The topological polar surface area (TPSA) is 58.6 Å². The first-order chi connectivity index (χ1) is 15.2. The Hall–Kier alpha value is -2.41. The highest BCUT2D eigenvalue weighted by atomic mass is 79.9. The second-order valence-corrected chi connectivity index (χ2v) is 8.92. The molecule has 2 aromatic carbocycles. The Balaban J connectivity index is 2.15. The van der Waals surface area contributed by atoms with Crippen LogP contribution in [-0.4, -0.2) is 35.9 Å². The van der Waals surface area contributed by atoms with Crippen molar-refractivity contribution in [1.82, 2.24) is 10.2 Å². The van der Waals surface area contributed by atoms with Crippen molar-refractivity contribution in [3.8, 4) is 5.75 Å². The van der Waals surface area contributed by atoms with Crippen molar-refractivity contribution in [2.45, 2.75) is 59.0 Å². The number of nitrogens with one attached hydrogen (secondary N) is 1. The number of rotatable bonds is 11. The standard InChI is InChI=1S/C25H32BrFN2O3/c1-5-6-13-28-25(31)18(4)29(15-20-9-7-8-10-22(20)27)24(30)16-32-23-12-11-19(17(2)3)14-21(23)26/h7-12,14,17-18H,5-6,13,15-16H2,1-4H3,(H,28,31)/t18-/m0/s1. The molecule has 0 unspecified atom stereocenters. The second-order valence-electron chi connectivity index (χ2n) is 8.07. The molecule has 2 rings (SSSR count). The lowest BCUT2D eigenvalue weighted by molar-refractivity contribution is -0.142. The fourth-order valence-corrected chi connectivity index (χ4v) is 3.66. The molecule has 0 spiro atoms. The molecule has 1 N–H and O–H groups in total. The number of hydrogen-bond acceptors (Lipinski definition) is 3. The highest BCUT2D eigenvalue weighted by molar-refractivity contribution is 9.10. The maximum atomic E-state index is 14.3. The molecule has 0 aromatic heterocycles. The maximum absolute atomic E-state index is 14.3. The Bertz CT molecular complexity index is 920. The third-order valence-corrected chi connectivity index (χ3v) is 5.89. The minimum Gasteiger partial charge on any atom is -0.483 e. The minimum atomic E-state index is -0.769. The Labute approximate surface area is 198 Å². The molecule has 0 aliphatic carbocycles. The third-order valence-electron chi connectivity index (χ3n) is 5.27. The van der Waals surface area contributed by atoms with Crippen LogP contribution in [0.15, 0.2) is 46.9 Å². The SMILES string of the molecule is CCCCNC(=O)[C@H](C)N(Cc1ccccc1F)C(=O)COc1ccc(C(C)C)cc1Br. The van der Waals surface area contributed by atoms with Crippen molar-refractivity contribution >= 4 is 27.7 Å². The number of benzene rings is 2. The van der Waals surface area contributed by atoms with Gasteiger partial charge < -0.3 is 15.0 Å². The normalized spacial score (nSPS) is 11.8. The largest absolute Gasteiger partial charge is 0.483 e. The first-order valence-corrected chi connectivity index (χ1v) is 11.8. The summed E-state index contributed by atoms with van der Waals surface area (Å²) in [7, 11) is 0. The Morgan fingerprint density at radius 3 is 2.50 bits per heavy atom. The third kappa shape index (κ3) is 7.33. The number of amides is 2. The van der Waals surface area contributed by atoms with Gasteiger partial charge >= 0.3 is 0 Å². The van der Waals surface area contributed by atoms with Gasteiger partial charge in [-0.25, -0.2) is 4.39 Å². The molecule has 1 atom stereocenters. The lowest BCUT2D eigenvalue weighted by Gasteiger charge is -2.29. The number of nitrogens with zero attached hydrogens (tertiary/aromatic N) is 1. The minimum absolute atomic E-state index is 0.0231. The van der Waals surface area contributed by atoms with E-state index in [-0.39, 0.29) is 19.1 Å². The number of unbranched alkanes of at least 4 members (excludes halogenated alkanes) is 1. The molecular formula is C25H32BrFN2O3. The van der Waals surface area contributed by atoms with Gasteiger partial charge in [-0.3, -0.25) is 9.59 Å². The first kappa shape index (κ1) is 25.8. The molecule has 32 heavy (non-hydrogen) atoms. The molecule has 0 aliphatic heterocycles. The van der Waals surface area contributed by atoms with Crippen LogP contribution in [0.4, 0.5) is 4.39 Å². The van der Waals surface area contributed by atoms with E-state index in [1.807, 2.05) is 25.1 Å². The molecule has 0 radical (unpaired) electrons. The number of halogens is 2. The van der Waals surface area contributed by atoms with Crippen LogP contribution in [0.1, 0.15) is 57.6 Å². The molecule has 0 saturated heterocycles. The van der Waals surface area contributed by atoms with Crippen LogP contribution in [0.25, 0.3) is 0 Å². The van der Waals surface area contributed by atoms with Crippen molar-refractivity contribution in [1.29, 1.82) is 0 Å². The molecular weight excluding hydrogens is 475 g/mol. The summed E-state index contributed by atoms with van der Waals surface area (Å²) >= 11 is 3.49. The zero-order valence-corrected chi connectivity index (χ0v) is 20.7. The average molecular weight is 507 g/mol. The quantitative estimate of drug-likeness (QED) is 0.413. The van der Waals surface area contributed by atoms with Crippen LogP contribution < -0.4 is 10.1 Å². The molecule has 0 aliphatic rings. The Morgan fingerprint density at radius 2 is 1.88 bits per heavy atom. The Kier molecular flexibility index (Phi) is 10.2. The predicted molar refractivity (Wildman–Crippen MR) is 128 cm³/mol. The highest BCUT2D eigenvalue weighted by Gasteiger charge is 2.27. The van der Waals surface area contributed by atoms with E-state index in [9.17, 15) is 14.0 Å². The Morgan fingerprint density at radius 1 is 1.16 bits per heavy atom. The number of carbonyl (C=O) groups excluding carboxylic acids is 2. The summed E-state index contributed by atoms with van der Waals surface area (Å²) in [5.41, 5.74) is 1.49. The van der Waals surface area contributed by atoms with E-state index >= 15 is 0 Å². The van der Waals surface area contributed by atoms with E-state index in [0.717, 1.165) is 22.9 Å². The first-order valence-electron chi connectivity index (χ1n) is 11.0. The lowest BCUT2D eigenvalue weighted by atomic mass is 10.0. The van der Waals surface area contributed by atoms with E-state index in [1.54, 1.807) is 25.1 Å². The van der Waals surface area contributed by atoms with E-state index in [1.165, 1.54) is 11.0 Å². The zero-order chi connectivity index (χ0) is 23.7. The molecule has 0 fully saturated rings. The predicted octanol–water partition coefficient (Wildman–Crippen LogP) is 5.42. The van der Waals surface area contributed by atoms with Gasteiger partial charge in [-0.1, -0.05) is 51.5 Å². The van der Waals surface area contributed by atoms with Crippen molar-refractivity contribution in [2.24, 2.45) is 0 Å². The summed E-state index contributed by atoms with van der Waals surface area (Å²) in [4.78, 5) is 27.1. The molecule has 0 heterocycles. The van der Waals surface area contributed by atoms with Gasteiger partial charge in [-0.05, 0) is 59.0 Å². The fraction of sp³-hybridized carbons (Fsp3) is 0.440. The van der Waals surface area contributed by atoms with E-state index in [4.69, 9.17) is 4.74 Å². The van der Waals surface area contributed by atoms with Crippen LogP contribution >= 0.6 is 15.9 Å². The van der Waals surface area contributed by atoms with Crippen LogP contribution in [0.5, 0.6) is 5.75 Å². The average Bonchev–Trinajstić information content (AvgIpc) is 2.77. The molecule has 0 bridgehead atoms. The van der Waals surface area contributed by atoms with Crippen molar-refractivity contribution in [3.05, 3.63) is 63.9 Å². The zero-order valence-electron chi connectivity index (χ0n) is 19.2. The van der Waals surface area contributed by atoms with Gasteiger partial charge in [0.15, 0.2) is 6.61 Å². The molecule has 5 nitrogen and oxygen atoms in total. The molecule has 2 aromatic rings. The number of ether oxygens (including phenoxy) is 1. The van der Waals surface area contributed by atoms with Gasteiger partial charge in [0, 0.05) is 18.7 Å². The van der Waals surface area contributed by atoms with Crippen molar-refractivity contribution < 1.29 is 18.7 Å². The van der Waals surface area contributed by atoms with Crippen molar-refractivity contribution in [3.63, 3.8) is 0 Å². The summed E-state index contributed by atoms with van der Waals surface area (Å²) in [6.07, 6.45) is 1.80. The van der Waals surface area contributed by atoms with Crippen LogP contribution in [0, 0.1) is 5.82 Å². The molecule has 2 amide bonds. The van der Waals surface area contributed by atoms with Gasteiger partial charge in [0.2, 0.25) is 5.91 Å². The van der Waals surface area contributed by atoms with Crippen LogP contribution in [0.3, 0.4) is 0 Å². The van der Waals surface area contributed by atoms with Gasteiger partial charge in [-0.2, -0.15) is 0 Å². The number of carbonyl (C=O) groups is 2. The highest BCUT2D eigenvalue weighted by Crippen LogP contribution is 2.29. The summed E-state index contributed by atoms with van der Waals surface area (Å²) < 4.78 is 20.8. The van der Waals surface area contributed by atoms with E-state index in [2.05, 4.69) is 35.1 Å². The van der Waals surface area contributed by atoms with Gasteiger partial charge in [0.05, 0.1) is 4.47 Å². The lowest BCUT2D eigenvalue weighted by Crippen LogP contribution is -2.49. The van der Waals surface area contributed by atoms with Crippen molar-refractivity contribution in [2.75, 3.05) is 13.2 Å². The van der Waals surface area contributed by atoms with Gasteiger partial charge in [0.1, 0.15) is 17.6 Å². The second kappa shape index (κ2) is 12.6. The number of hydrogen-bond donors (Lipinski definition) is 1. The van der Waals surface area contributed by atoms with Crippen LogP contribution in [-0.2, 0) is 16.1 Å². The van der Waals surface area contributed by atoms with Crippen LogP contribution in [0.2, 0.25) is 0 Å².